The zero-order valence-electron chi connectivity index (χ0n) is 18.6. The van der Waals surface area contributed by atoms with Crippen molar-refractivity contribution in [3.63, 3.8) is 0 Å². The fourth-order valence-electron chi connectivity index (χ4n) is 4.49. The van der Waals surface area contributed by atoms with E-state index in [9.17, 15) is 9.59 Å². The largest absolute Gasteiger partial charge is 0.490 e. The minimum absolute atomic E-state index is 0.0362. The molecule has 5 rings (SSSR count). The first-order valence-electron chi connectivity index (χ1n) is 10.9. The van der Waals surface area contributed by atoms with Gasteiger partial charge < -0.3 is 19.5 Å². The number of hydrogen-bond donors (Lipinski definition) is 1. The number of amides is 2. The molecule has 2 aliphatic heterocycles. The molecule has 0 saturated carbocycles. The van der Waals surface area contributed by atoms with Gasteiger partial charge in [-0.25, -0.2) is 0 Å². The minimum Gasteiger partial charge on any atom is -0.490 e. The Balaban J connectivity index is 1.37. The molecule has 4 heterocycles. The molecule has 33 heavy (non-hydrogen) atoms. The van der Waals surface area contributed by atoms with Gasteiger partial charge in [-0.05, 0) is 43.7 Å². The molecule has 2 amide bonds. The zero-order valence-corrected chi connectivity index (χ0v) is 18.6. The van der Waals surface area contributed by atoms with Crippen molar-refractivity contribution in [2.45, 2.75) is 19.9 Å². The van der Waals surface area contributed by atoms with Crippen LogP contribution in [0.3, 0.4) is 0 Å². The Morgan fingerprint density at radius 2 is 1.97 bits per heavy atom. The monoisotopic (exact) mass is 447 g/mol. The summed E-state index contributed by atoms with van der Waals surface area (Å²) in [5.74, 6) is 1.17. The predicted octanol–water partition coefficient (Wildman–Crippen LogP) is 2.51. The third-order valence-corrected chi connectivity index (χ3v) is 6.17. The number of aryl methyl sites for hydroxylation is 2. The van der Waals surface area contributed by atoms with E-state index in [4.69, 9.17) is 9.26 Å². The lowest BCUT2D eigenvalue weighted by Crippen LogP contribution is -2.57. The molecule has 0 radical (unpaired) electrons. The smallest absolute Gasteiger partial charge is 0.254 e. The fourth-order valence-corrected chi connectivity index (χ4v) is 4.49. The average Bonchev–Trinajstić information content (AvgIpc) is 3.19. The molecule has 0 spiro atoms. The lowest BCUT2D eigenvalue weighted by Gasteiger charge is -2.40. The number of rotatable bonds is 2. The molecule has 2 aromatic heterocycles. The van der Waals surface area contributed by atoms with Crippen LogP contribution in [-0.4, -0.2) is 70.6 Å². The van der Waals surface area contributed by atoms with E-state index in [1.165, 1.54) is 0 Å². The number of anilines is 1. The molecule has 1 saturated heterocycles. The summed E-state index contributed by atoms with van der Waals surface area (Å²) in [7, 11) is 0. The number of piperazine rings is 1. The SMILES string of the molecule is Cc1noc(C)c1-c1ccc2c(c1)NC(=O)CN1CCN(C(=O)c3ccncc3)C[C@@H]1CO2. The number of fused-ring (bicyclic) bond motifs is 2. The van der Waals surface area contributed by atoms with E-state index in [1.807, 2.05) is 36.9 Å². The van der Waals surface area contributed by atoms with Crippen molar-refractivity contribution in [3.8, 4) is 16.9 Å². The number of ether oxygens (including phenoxy) is 1. The van der Waals surface area contributed by atoms with Crippen molar-refractivity contribution in [2.75, 3.05) is 38.1 Å². The lowest BCUT2D eigenvalue weighted by molar-refractivity contribution is -0.118. The maximum Gasteiger partial charge on any atom is 0.254 e. The molecule has 1 aromatic carbocycles. The second kappa shape index (κ2) is 8.67. The van der Waals surface area contributed by atoms with Gasteiger partial charge in [0, 0.05) is 43.2 Å². The van der Waals surface area contributed by atoms with Crippen LogP contribution in [0.2, 0.25) is 0 Å². The number of nitrogens with zero attached hydrogens (tertiary/aromatic N) is 4. The molecular weight excluding hydrogens is 422 g/mol. The number of aromatic nitrogens is 2. The molecule has 170 valence electrons. The van der Waals surface area contributed by atoms with Crippen LogP contribution in [0.25, 0.3) is 11.1 Å². The molecule has 1 N–H and O–H groups in total. The molecule has 0 unspecified atom stereocenters. The molecule has 1 fully saturated rings. The van der Waals surface area contributed by atoms with Gasteiger partial charge in [0.15, 0.2) is 0 Å². The Labute approximate surface area is 191 Å². The first kappa shape index (κ1) is 21.1. The van der Waals surface area contributed by atoms with E-state index in [1.54, 1.807) is 24.5 Å². The normalized spacial score (nSPS) is 18.8. The van der Waals surface area contributed by atoms with Crippen molar-refractivity contribution >= 4 is 17.5 Å². The van der Waals surface area contributed by atoms with Crippen LogP contribution in [-0.2, 0) is 4.79 Å². The summed E-state index contributed by atoms with van der Waals surface area (Å²) < 4.78 is 11.4. The molecule has 9 heteroatoms. The second-order valence-electron chi connectivity index (χ2n) is 8.38. The Bertz CT molecular complexity index is 1170. The van der Waals surface area contributed by atoms with Crippen molar-refractivity contribution in [1.82, 2.24) is 19.9 Å². The fraction of sp³-hybridized carbons (Fsp3) is 0.333. The van der Waals surface area contributed by atoms with Crippen LogP contribution in [0, 0.1) is 13.8 Å². The van der Waals surface area contributed by atoms with Gasteiger partial charge in [-0.15, -0.1) is 0 Å². The number of carbonyl (C=O) groups is 2. The summed E-state index contributed by atoms with van der Waals surface area (Å²) in [6.07, 6.45) is 3.23. The first-order chi connectivity index (χ1) is 16.0. The number of pyridine rings is 1. The molecule has 0 bridgehead atoms. The average molecular weight is 447 g/mol. The van der Waals surface area contributed by atoms with Crippen molar-refractivity contribution in [1.29, 1.82) is 0 Å². The van der Waals surface area contributed by atoms with Crippen LogP contribution in [0.1, 0.15) is 21.8 Å². The summed E-state index contributed by atoms with van der Waals surface area (Å²) in [5.41, 5.74) is 3.83. The summed E-state index contributed by atoms with van der Waals surface area (Å²) in [5, 5.41) is 7.02. The number of benzene rings is 1. The molecule has 1 atom stereocenters. The maximum absolute atomic E-state index is 12.9. The van der Waals surface area contributed by atoms with E-state index in [0.29, 0.717) is 43.2 Å². The van der Waals surface area contributed by atoms with Crippen LogP contribution >= 0.6 is 0 Å². The Kier molecular flexibility index (Phi) is 5.55. The van der Waals surface area contributed by atoms with Crippen molar-refractivity contribution < 1.29 is 18.8 Å². The molecule has 9 nitrogen and oxygen atoms in total. The van der Waals surface area contributed by atoms with Crippen LogP contribution in [0.15, 0.2) is 47.2 Å². The highest BCUT2D eigenvalue weighted by Gasteiger charge is 2.33. The van der Waals surface area contributed by atoms with Gasteiger partial charge in [0.1, 0.15) is 18.1 Å². The summed E-state index contributed by atoms with van der Waals surface area (Å²) in [6, 6.07) is 9.03. The van der Waals surface area contributed by atoms with Gasteiger partial charge in [-0.1, -0.05) is 11.2 Å². The van der Waals surface area contributed by atoms with Crippen LogP contribution < -0.4 is 10.1 Å². The molecule has 2 aliphatic rings. The summed E-state index contributed by atoms with van der Waals surface area (Å²) >= 11 is 0. The molecule has 3 aromatic rings. The number of nitrogens with one attached hydrogen (secondary N) is 1. The van der Waals surface area contributed by atoms with Crippen LogP contribution in [0.5, 0.6) is 5.75 Å². The van der Waals surface area contributed by atoms with E-state index in [-0.39, 0.29) is 24.4 Å². The van der Waals surface area contributed by atoms with E-state index in [2.05, 4.69) is 20.4 Å². The Hall–Kier alpha value is -3.72. The highest BCUT2D eigenvalue weighted by molar-refractivity contribution is 5.95. The maximum atomic E-state index is 12.9. The molecular formula is C24H25N5O4. The Morgan fingerprint density at radius 1 is 1.15 bits per heavy atom. The van der Waals surface area contributed by atoms with Gasteiger partial charge in [0.05, 0.1) is 24.0 Å². The van der Waals surface area contributed by atoms with Crippen molar-refractivity contribution in [3.05, 3.63) is 59.7 Å². The van der Waals surface area contributed by atoms with Gasteiger partial charge in [0.2, 0.25) is 5.91 Å². The first-order valence-corrected chi connectivity index (χ1v) is 10.9. The topological polar surface area (TPSA) is 101 Å². The van der Waals surface area contributed by atoms with E-state index in [0.717, 1.165) is 22.6 Å². The number of hydrogen-bond acceptors (Lipinski definition) is 7. The molecule has 0 aliphatic carbocycles. The van der Waals surface area contributed by atoms with E-state index >= 15 is 0 Å². The summed E-state index contributed by atoms with van der Waals surface area (Å²) in [6.45, 7) is 5.99. The summed E-state index contributed by atoms with van der Waals surface area (Å²) in [4.78, 5) is 33.6. The second-order valence-corrected chi connectivity index (χ2v) is 8.38. The van der Waals surface area contributed by atoms with Crippen molar-refractivity contribution in [2.24, 2.45) is 0 Å². The zero-order chi connectivity index (χ0) is 22.9. The highest BCUT2D eigenvalue weighted by atomic mass is 16.5. The standard InChI is InChI=1S/C24H25N5O4/c1-15-23(16(2)33-27-15)18-3-4-21-20(11-18)26-22(30)13-28-9-10-29(12-19(28)14-32-21)24(31)17-5-7-25-8-6-17/h3-8,11,19H,9-10,12-14H2,1-2H3,(H,26,30)/t19-/m1/s1. The minimum atomic E-state index is -0.114. The van der Waals surface area contributed by atoms with Gasteiger partial charge in [-0.2, -0.15) is 0 Å². The Morgan fingerprint density at radius 3 is 2.73 bits per heavy atom. The third kappa shape index (κ3) is 4.19. The van der Waals surface area contributed by atoms with Gasteiger partial charge in [0.25, 0.3) is 5.91 Å². The lowest BCUT2D eigenvalue weighted by atomic mass is 10.0. The predicted molar refractivity (Wildman–Crippen MR) is 121 cm³/mol. The third-order valence-electron chi connectivity index (χ3n) is 6.17. The van der Waals surface area contributed by atoms with Gasteiger partial charge in [-0.3, -0.25) is 19.5 Å². The van der Waals surface area contributed by atoms with Gasteiger partial charge >= 0.3 is 0 Å². The highest BCUT2D eigenvalue weighted by Crippen LogP contribution is 2.34. The number of carbonyl (C=O) groups excluding carboxylic acids is 2. The van der Waals surface area contributed by atoms with Crippen LogP contribution in [0.4, 0.5) is 5.69 Å². The quantitative estimate of drug-likeness (QED) is 0.644. The van der Waals surface area contributed by atoms with E-state index < -0.39 is 0 Å².